The average molecular weight is 250 g/mol. The molecule has 0 N–H and O–H groups in total. The quantitative estimate of drug-likeness (QED) is 0.710. The summed E-state index contributed by atoms with van der Waals surface area (Å²) in [6, 6.07) is 10.8. The molecule has 0 fully saturated rings. The Labute approximate surface area is 114 Å². The maximum Gasteiger partial charge on any atom is 0.0844 e. The maximum absolute atomic E-state index is 4.86. The van der Waals surface area contributed by atoms with Gasteiger partial charge in [0.2, 0.25) is 0 Å². The summed E-state index contributed by atoms with van der Waals surface area (Å²) in [4.78, 5) is 9.10. The molecule has 1 heterocycles. The molecule has 19 heavy (non-hydrogen) atoms. The van der Waals surface area contributed by atoms with Crippen molar-refractivity contribution in [1.82, 2.24) is 4.98 Å². The number of hydrogen-bond donors (Lipinski definition) is 0. The minimum atomic E-state index is 0.984. The molecule has 0 saturated carbocycles. The van der Waals surface area contributed by atoms with Crippen LogP contribution in [0.3, 0.4) is 0 Å². The zero-order valence-electron chi connectivity index (χ0n) is 11.7. The molecular weight excluding hydrogens is 232 g/mol. The molecule has 0 saturated heterocycles. The highest BCUT2D eigenvalue weighted by atomic mass is 14.8. The molecule has 96 valence electrons. The molecule has 0 radical (unpaired) electrons. The lowest BCUT2D eigenvalue weighted by atomic mass is 9.86. The summed E-state index contributed by atoms with van der Waals surface area (Å²) in [5.41, 5.74) is 8.54. The standard InChI is InChI=1S/C17H18N2/c1-11-5-4-6-13-7-8-14-9-10-15(12(2)18-3)19-17(14)16(11)13/h4-6,9-10H,7-8H2,1-3H3. The third kappa shape index (κ3) is 1.97. The largest absolute Gasteiger partial charge is 0.291 e. The molecule has 1 aliphatic carbocycles. The van der Waals surface area contributed by atoms with Gasteiger partial charge in [-0.1, -0.05) is 24.3 Å². The van der Waals surface area contributed by atoms with E-state index < -0.39 is 0 Å². The van der Waals surface area contributed by atoms with Gasteiger partial charge in [-0.3, -0.25) is 4.99 Å². The van der Waals surface area contributed by atoms with E-state index in [4.69, 9.17) is 4.98 Å². The number of nitrogens with zero attached hydrogens (tertiary/aromatic N) is 2. The fraction of sp³-hybridized carbons (Fsp3) is 0.294. The predicted molar refractivity (Wildman–Crippen MR) is 80.0 cm³/mol. The van der Waals surface area contributed by atoms with Crippen molar-refractivity contribution in [3.8, 4) is 11.3 Å². The van der Waals surface area contributed by atoms with E-state index in [1.807, 2.05) is 14.0 Å². The van der Waals surface area contributed by atoms with Crippen molar-refractivity contribution >= 4 is 5.71 Å². The van der Waals surface area contributed by atoms with Crippen LogP contribution >= 0.6 is 0 Å². The second-order valence-electron chi connectivity index (χ2n) is 5.12. The minimum Gasteiger partial charge on any atom is -0.291 e. The lowest BCUT2D eigenvalue weighted by molar-refractivity contribution is 0.922. The lowest BCUT2D eigenvalue weighted by Crippen LogP contribution is -2.10. The Morgan fingerprint density at radius 2 is 1.89 bits per heavy atom. The van der Waals surface area contributed by atoms with Gasteiger partial charge in [-0.05, 0) is 49.4 Å². The Kier molecular flexibility index (Phi) is 2.94. The number of benzene rings is 1. The molecule has 0 bridgehead atoms. The van der Waals surface area contributed by atoms with Crippen molar-refractivity contribution < 1.29 is 0 Å². The van der Waals surface area contributed by atoms with E-state index in [2.05, 4.69) is 42.2 Å². The first-order chi connectivity index (χ1) is 9.20. The summed E-state index contributed by atoms with van der Waals surface area (Å²) in [7, 11) is 1.82. The molecule has 1 aliphatic rings. The normalized spacial score (nSPS) is 13.9. The van der Waals surface area contributed by atoms with Crippen LogP contribution in [0.15, 0.2) is 35.3 Å². The summed E-state index contributed by atoms with van der Waals surface area (Å²) < 4.78 is 0. The summed E-state index contributed by atoms with van der Waals surface area (Å²) in [5, 5.41) is 0. The lowest BCUT2D eigenvalue weighted by Gasteiger charge is -2.21. The zero-order valence-corrected chi connectivity index (χ0v) is 11.7. The molecule has 0 spiro atoms. The van der Waals surface area contributed by atoms with Gasteiger partial charge in [-0.25, -0.2) is 4.98 Å². The summed E-state index contributed by atoms with van der Waals surface area (Å²) in [6.07, 6.45) is 2.20. The number of pyridine rings is 1. The fourth-order valence-electron chi connectivity index (χ4n) is 2.77. The Bertz CT molecular complexity index is 669. The van der Waals surface area contributed by atoms with E-state index in [1.54, 1.807) is 0 Å². The first kappa shape index (κ1) is 12.1. The molecule has 2 heteroatoms. The van der Waals surface area contributed by atoms with Gasteiger partial charge in [-0.2, -0.15) is 0 Å². The van der Waals surface area contributed by atoms with Crippen molar-refractivity contribution in [3.05, 3.63) is 52.7 Å². The van der Waals surface area contributed by atoms with Crippen LogP contribution in [0.25, 0.3) is 11.3 Å². The smallest absolute Gasteiger partial charge is 0.0844 e. The van der Waals surface area contributed by atoms with E-state index >= 15 is 0 Å². The molecule has 0 aliphatic heterocycles. The molecule has 1 aromatic carbocycles. The number of rotatable bonds is 1. The molecule has 0 atom stereocenters. The summed E-state index contributed by atoms with van der Waals surface area (Å²) >= 11 is 0. The van der Waals surface area contributed by atoms with E-state index in [9.17, 15) is 0 Å². The van der Waals surface area contributed by atoms with Crippen molar-refractivity contribution in [1.29, 1.82) is 0 Å². The van der Waals surface area contributed by atoms with Crippen molar-refractivity contribution in [3.63, 3.8) is 0 Å². The Morgan fingerprint density at radius 3 is 2.68 bits per heavy atom. The number of aliphatic imine (C=N–C) groups is 1. The molecule has 0 amide bonds. The fourth-order valence-corrected chi connectivity index (χ4v) is 2.77. The van der Waals surface area contributed by atoms with Crippen LogP contribution in [-0.4, -0.2) is 17.7 Å². The Balaban J connectivity index is 2.24. The van der Waals surface area contributed by atoms with Crippen LogP contribution in [0.2, 0.25) is 0 Å². The highest BCUT2D eigenvalue weighted by Gasteiger charge is 2.19. The van der Waals surface area contributed by atoms with Crippen LogP contribution in [0.4, 0.5) is 0 Å². The van der Waals surface area contributed by atoms with Crippen LogP contribution in [0.5, 0.6) is 0 Å². The number of aromatic nitrogens is 1. The number of hydrogen-bond acceptors (Lipinski definition) is 2. The molecule has 0 unspecified atom stereocenters. The first-order valence-corrected chi connectivity index (χ1v) is 6.73. The highest BCUT2D eigenvalue weighted by molar-refractivity contribution is 5.97. The average Bonchev–Trinajstić information content (AvgIpc) is 2.45. The molecule has 1 aromatic heterocycles. The monoisotopic (exact) mass is 250 g/mol. The van der Waals surface area contributed by atoms with Crippen LogP contribution in [0.1, 0.15) is 29.3 Å². The van der Waals surface area contributed by atoms with Gasteiger partial charge in [0.1, 0.15) is 0 Å². The molecule has 2 aromatic rings. The topological polar surface area (TPSA) is 25.2 Å². The first-order valence-electron chi connectivity index (χ1n) is 6.73. The van der Waals surface area contributed by atoms with E-state index in [1.165, 1.54) is 22.3 Å². The minimum absolute atomic E-state index is 0.984. The number of fused-ring (bicyclic) bond motifs is 3. The van der Waals surface area contributed by atoms with Gasteiger partial charge in [0.05, 0.1) is 17.1 Å². The van der Waals surface area contributed by atoms with E-state index in [0.29, 0.717) is 0 Å². The molecular formula is C17H18N2. The molecule has 3 rings (SSSR count). The summed E-state index contributed by atoms with van der Waals surface area (Å²) in [5.74, 6) is 0. The maximum atomic E-state index is 4.86. The zero-order chi connectivity index (χ0) is 13.4. The second-order valence-corrected chi connectivity index (χ2v) is 5.12. The van der Waals surface area contributed by atoms with Crippen molar-refractivity contribution in [2.24, 2.45) is 4.99 Å². The second kappa shape index (κ2) is 4.61. The SMILES string of the molecule is CN=C(C)c1ccc2c(n1)-c1c(C)cccc1CC2. The number of aryl methyl sites for hydroxylation is 3. The summed E-state index contributed by atoms with van der Waals surface area (Å²) in [6.45, 7) is 4.18. The van der Waals surface area contributed by atoms with E-state index in [-0.39, 0.29) is 0 Å². The molecule has 2 nitrogen and oxygen atoms in total. The Hall–Kier alpha value is -1.96. The van der Waals surface area contributed by atoms with E-state index in [0.717, 1.165) is 29.9 Å². The van der Waals surface area contributed by atoms with Gasteiger partial charge in [0.15, 0.2) is 0 Å². The van der Waals surface area contributed by atoms with Crippen LogP contribution < -0.4 is 0 Å². The van der Waals surface area contributed by atoms with Gasteiger partial charge in [0.25, 0.3) is 0 Å². The van der Waals surface area contributed by atoms with Gasteiger partial charge >= 0.3 is 0 Å². The van der Waals surface area contributed by atoms with Crippen molar-refractivity contribution in [2.45, 2.75) is 26.7 Å². The van der Waals surface area contributed by atoms with Crippen molar-refractivity contribution in [2.75, 3.05) is 7.05 Å². The van der Waals surface area contributed by atoms with Crippen LogP contribution in [-0.2, 0) is 12.8 Å². The van der Waals surface area contributed by atoms with Gasteiger partial charge < -0.3 is 0 Å². The van der Waals surface area contributed by atoms with Gasteiger partial charge in [-0.15, -0.1) is 0 Å². The predicted octanol–water partition coefficient (Wildman–Crippen LogP) is 3.59. The highest BCUT2D eigenvalue weighted by Crippen LogP contribution is 2.34. The van der Waals surface area contributed by atoms with Gasteiger partial charge in [0, 0.05) is 12.6 Å². The van der Waals surface area contributed by atoms with Crippen LogP contribution in [0, 0.1) is 6.92 Å². The third-order valence-electron chi connectivity index (χ3n) is 3.94. The Morgan fingerprint density at radius 1 is 1.11 bits per heavy atom. The third-order valence-corrected chi connectivity index (χ3v) is 3.94.